The van der Waals surface area contributed by atoms with Crippen LogP contribution < -0.4 is 16.1 Å². The van der Waals surface area contributed by atoms with Crippen LogP contribution in [0.15, 0.2) is 17.1 Å². The normalized spacial score (nSPS) is 20.1. The maximum atomic E-state index is 14.8. The molecule has 3 rings (SSSR count). The van der Waals surface area contributed by atoms with Gasteiger partial charge in [-0.1, -0.05) is 18.5 Å². The number of alkyl halides is 1. The number of benzene rings is 1. The molecule has 1 aliphatic rings. The number of nitrogens with zero attached hydrogens (tertiary/aromatic N) is 2. The van der Waals surface area contributed by atoms with Gasteiger partial charge in [-0.05, 0) is 12.0 Å². The molecule has 0 radical (unpaired) electrons. The summed E-state index contributed by atoms with van der Waals surface area (Å²) in [6, 6.07) is 0.817. The number of hydrogen-bond acceptors (Lipinski definition) is 4. The average Bonchev–Trinajstić information content (AvgIpc) is 2.88. The van der Waals surface area contributed by atoms with E-state index in [1.807, 2.05) is 6.92 Å². The zero-order chi connectivity index (χ0) is 19.2. The zero-order valence-corrected chi connectivity index (χ0v) is 14.8. The van der Waals surface area contributed by atoms with Crippen LogP contribution in [0.3, 0.4) is 0 Å². The second-order valence-electron chi connectivity index (χ2n) is 6.52. The van der Waals surface area contributed by atoms with Gasteiger partial charge in [0.2, 0.25) is 5.43 Å². The molecule has 6 nitrogen and oxygen atoms in total. The van der Waals surface area contributed by atoms with Crippen molar-refractivity contribution in [1.82, 2.24) is 4.57 Å². The second-order valence-corrected chi connectivity index (χ2v) is 6.90. The minimum atomic E-state index is -1.47. The van der Waals surface area contributed by atoms with Crippen molar-refractivity contribution in [3.05, 3.63) is 38.9 Å². The van der Waals surface area contributed by atoms with E-state index in [9.17, 15) is 23.5 Å². The van der Waals surface area contributed by atoms with Gasteiger partial charge in [0.1, 0.15) is 18.1 Å². The van der Waals surface area contributed by atoms with E-state index in [0.717, 1.165) is 12.3 Å². The number of nitrogens with two attached hydrogens (primary N) is 1. The van der Waals surface area contributed by atoms with Gasteiger partial charge >= 0.3 is 5.97 Å². The van der Waals surface area contributed by atoms with Crippen LogP contribution in [0.1, 0.15) is 17.3 Å². The number of hydrogen-bond donors (Lipinski definition) is 2. The highest BCUT2D eigenvalue weighted by molar-refractivity contribution is 6.38. The van der Waals surface area contributed by atoms with Crippen LogP contribution in [0.25, 0.3) is 10.9 Å². The summed E-state index contributed by atoms with van der Waals surface area (Å²) >= 11 is 6.42. The Hall–Kier alpha value is -2.19. The van der Waals surface area contributed by atoms with Crippen molar-refractivity contribution >= 4 is 34.2 Å². The number of carbonyl (C=O) groups is 1. The minimum Gasteiger partial charge on any atom is -0.477 e. The van der Waals surface area contributed by atoms with E-state index < -0.39 is 29.5 Å². The number of halogens is 3. The molecule has 1 aliphatic heterocycles. The topological polar surface area (TPSA) is 88.6 Å². The second kappa shape index (κ2) is 6.85. The number of anilines is 1. The summed E-state index contributed by atoms with van der Waals surface area (Å²) < 4.78 is 29.0. The minimum absolute atomic E-state index is 0.0520. The standard InChI is InChI=1S/C17H18ClF2N3O3/c1-8-5-23(7-12(8)21)15-11(20)4-9-14(13(15)18)22(3-2-19)6-10(16(9)24)17(25)26/h4,6,8,12H,2-3,5,7,21H2,1H3,(H,25,26)/t8-,12+/m0/s1. The van der Waals surface area contributed by atoms with Gasteiger partial charge in [0.05, 0.1) is 28.2 Å². The van der Waals surface area contributed by atoms with E-state index in [1.54, 1.807) is 4.90 Å². The van der Waals surface area contributed by atoms with Crippen molar-refractivity contribution < 1.29 is 18.7 Å². The molecule has 0 amide bonds. The summed E-state index contributed by atoms with van der Waals surface area (Å²) in [5.74, 6) is -2.08. The molecule has 2 atom stereocenters. The Bertz CT molecular complexity index is 937. The van der Waals surface area contributed by atoms with Gasteiger partial charge in [0.15, 0.2) is 0 Å². The van der Waals surface area contributed by atoms with Crippen LogP contribution in [-0.4, -0.2) is 41.4 Å². The summed E-state index contributed by atoms with van der Waals surface area (Å²) in [5.41, 5.74) is 4.78. The molecule has 1 saturated heterocycles. The Balaban J connectivity index is 2.31. The molecule has 140 valence electrons. The Labute approximate surface area is 152 Å². The highest BCUT2D eigenvalue weighted by Crippen LogP contribution is 2.37. The lowest BCUT2D eigenvalue weighted by Gasteiger charge is -2.23. The summed E-state index contributed by atoms with van der Waals surface area (Å²) in [7, 11) is 0. The molecule has 9 heteroatoms. The Kier molecular flexibility index (Phi) is 4.90. The molecule has 3 N–H and O–H groups in total. The van der Waals surface area contributed by atoms with E-state index in [2.05, 4.69) is 0 Å². The quantitative estimate of drug-likeness (QED) is 0.842. The summed E-state index contributed by atoms with van der Waals surface area (Å²) in [6.07, 6.45) is 1.04. The molecule has 0 spiro atoms. The lowest BCUT2D eigenvalue weighted by Crippen LogP contribution is -2.29. The first-order valence-corrected chi connectivity index (χ1v) is 8.49. The third kappa shape index (κ3) is 2.93. The first-order valence-electron chi connectivity index (χ1n) is 8.11. The van der Waals surface area contributed by atoms with E-state index in [0.29, 0.717) is 13.1 Å². The van der Waals surface area contributed by atoms with E-state index in [1.165, 1.54) is 4.57 Å². The fourth-order valence-electron chi connectivity index (χ4n) is 3.36. The van der Waals surface area contributed by atoms with Crippen molar-refractivity contribution in [3.8, 4) is 0 Å². The number of pyridine rings is 1. The maximum absolute atomic E-state index is 14.8. The van der Waals surface area contributed by atoms with E-state index >= 15 is 0 Å². The highest BCUT2D eigenvalue weighted by Gasteiger charge is 2.31. The molecule has 2 aromatic rings. The molecule has 1 aromatic heterocycles. The van der Waals surface area contributed by atoms with Crippen molar-refractivity contribution in [1.29, 1.82) is 0 Å². The van der Waals surface area contributed by atoms with E-state index in [-0.39, 0.29) is 40.1 Å². The molecular formula is C17H18ClF2N3O3. The molecule has 1 fully saturated rings. The van der Waals surface area contributed by atoms with Crippen LogP contribution in [0.2, 0.25) is 5.02 Å². The van der Waals surface area contributed by atoms with Crippen molar-refractivity contribution in [2.24, 2.45) is 11.7 Å². The number of rotatable bonds is 4. The van der Waals surface area contributed by atoms with Crippen molar-refractivity contribution in [3.63, 3.8) is 0 Å². The molecule has 2 heterocycles. The first kappa shape index (κ1) is 18.6. The molecule has 0 bridgehead atoms. The molecule has 0 unspecified atom stereocenters. The summed E-state index contributed by atoms with van der Waals surface area (Å²) in [5, 5.41) is 8.94. The van der Waals surface area contributed by atoms with Gasteiger partial charge in [-0.2, -0.15) is 0 Å². The lowest BCUT2D eigenvalue weighted by atomic mass is 10.1. The third-order valence-corrected chi connectivity index (χ3v) is 5.13. The molecule has 0 saturated carbocycles. The summed E-state index contributed by atoms with van der Waals surface area (Å²) in [6.45, 7) is 1.81. The van der Waals surface area contributed by atoms with Gasteiger partial charge in [-0.15, -0.1) is 0 Å². The SMILES string of the molecule is C[C@H]1CN(c2c(F)cc3c(=O)c(C(=O)O)cn(CCF)c3c2Cl)C[C@H]1N. The largest absolute Gasteiger partial charge is 0.477 e. The first-order chi connectivity index (χ1) is 12.3. The van der Waals surface area contributed by atoms with Crippen LogP contribution in [0.4, 0.5) is 14.5 Å². The number of carboxylic acids is 1. The van der Waals surface area contributed by atoms with Crippen LogP contribution in [0.5, 0.6) is 0 Å². The van der Waals surface area contributed by atoms with Crippen LogP contribution in [0, 0.1) is 11.7 Å². The maximum Gasteiger partial charge on any atom is 0.341 e. The number of fused-ring (bicyclic) bond motifs is 1. The lowest BCUT2D eigenvalue weighted by molar-refractivity contribution is 0.0694. The fraction of sp³-hybridized carbons (Fsp3) is 0.412. The smallest absolute Gasteiger partial charge is 0.341 e. The van der Waals surface area contributed by atoms with Gasteiger partial charge in [-0.3, -0.25) is 4.79 Å². The van der Waals surface area contributed by atoms with Crippen LogP contribution >= 0.6 is 11.6 Å². The molecule has 26 heavy (non-hydrogen) atoms. The number of carboxylic acid groups (broad SMARTS) is 1. The molecule has 1 aromatic carbocycles. The van der Waals surface area contributed by atoms with Gasteiger partial charge in [0, 0.05) is 25.3 Å². The Morgan fingerprint density at radius 1 is 1.46 bits per heavy atom. The predicted molar refractivity (Wildman–Crippen MR) is 95.5 cm³/mol. The highest BCUT2D eigenvalue weighted by atomic mass is 35.5. The summed E-state index contributed by atoms with van der Waals surface area (Å²) in [4.78, 5) is 25.4. The Morgan fingerprint density at radius 3 is 2.69 bits per heavy atom. The van der Waals surface area contributed by atoms with E-state index in [4.69, 9.17) is 17.3 Å². The monoisotopic (exact) mass is 385 g/mol. The number of aryl methyl sites for hydroxylation is 1. The molecule has 0 aliphatic carbocycles. The Morgan fingerprint density at radius 2 is 2.15 bits per heavy atom. The third-order valence-electron chi connectivity index (χ3n) is 4.77. The van der Waals surface area contributed by atoms with Gasteiger partial charge in [0.25, 0.3) is 0 Å². The molecular weight excluding hydrogens is 368 g/mol. The van der Waals surface area contributed by atoms with Crippen molar-refractivity contribution in [2.45, 2.75) is 19.5 Å². The van der Waals surface area contributed by atoms with Gasteiger partial charge < -0.3 is 20.3 Å². The zero-order valence-electron chi connectivity index (χ0n) is 14.0. The predicted octanol–water partition coefficient (Wildman–Crippen LogP) is 2.25. The van der Waals surface area contributed by atoms with Crippen molar-refractivity contribution in [2.75, 3.05) is 24.7 Å². The number of aromatic carboxylic acids is 1. The fourth-order valence-corrected chi connectivity index (χ4v) is 3.78. The number of aromatic nitrogens is 1. The van der Waals surface area contributed by atoms with Crippen LogP contribution in [-0.2, 0) is 6.54 Å². The van der Waals surface area contributed by atoms with Gasteiger partial charge in [-0.25, -0.2) is 13.6 Å². The average molecular weight is 386 g/mol.